The molecule has 1 aromatic carbocycles. The second kappa shape index (κ2) is 21.5. The molecule has 1 amide bonds. The highest BCUT2D eigenvalue weighted by molar-refractivity contribution is 5.75. The second-order valence-corrected chi connectivity index (χ2v) is 3.65. The van der Waals surface area contributed by atoms with Gasteiger partial charge in [0.05, 0.1) is 0 Å². The van der Waals surface area contributed by atoms with E-state index < -0.39 is 0 Å². The molecule has 0 aliphatic rings. The molecule has 0 aliphatic heterocycles. The normalized spacial score (nSPS) is 7.77. The summed E-state index contributed by atoms with van der Waals surface area (Å²) in [5.74, 6) is 0.0858. The van der Waals surface area contributed by atoms with Gasteiger partial charge in [0.2, 0.25) is 5.91 Å². The Morgan fingerprint density at radius 2 is 1.50 bits per heavy atom. The third kappa shape index (κ3) is 16.2. The second-order valence-electron chi connectivity index (χ2n) is 3.65. The third-order valence-corrected chi connectivity index (χ3v) is 2.22. The molecule has 0 spiro atoms. The molecule has 128 valence electrons. The number of hydrogen-bond acceptors (Lipinski definition) is 3. The molecular weight excluding hydrogens is 276 g/mol. The Hall–Kier alpha value is -1.84. The maximum atomic E-state index is 11.0. The Morgan fingerprint density at radius 3 is 1.82 bits per heavy atom. The lowest BCUT2D eigenvalue weighted by Crippen LogP contribution is -2.21. The van der Waals surface area contributed by atoms with Crippen molar-refractivity contribution in [3.05, 3.63) is 29.8 Å². The van der Waals surface area contributed by atoms with E-state index in [4.69, 9.17) is 0 Å². The van der Waals surface area contributed by atoms with Gasteiger partial charge in [-0.2, -0.15) is 0 Å². The van der Waals surface area contributed by atoms with E-state index in [2.05, 4.69) is 10.6 Å². The molecule has 4 nitrogen and oxygen atoms in total. The van der Waals surface area contributed by atoms with E-state index in [0.717, 1.165) is 17.5 Å². The minimum atomic E-state index is 0.0858. The van der Waals surface area contributed by atoms with Gasteiger partial charge < -0.3 is 15.4 Å². The summed E-state index contributed by atoms with van der Waals surface area (Å²) in [5.41, 5.74) is 2.20. The fourth-order valence-corrected chi connectivity index (χ4v) is 1.11. The van der Waals surface area contributed by atoms with Crippen LogP contribution in [0.4, 0.5) is 5.69 Å². The molecule has 22 heavy (non-hydrogen) atoms. The van der Waals surface area contributed by atoms with Crippen LogP contribution in [0.3, 0.4) is 0 Å². The summed E-state index contributed by atoms with van der Waals surface area (Å²) >= 11 is 0. The molecular formula is C18H34N2O2. The van der Waals surface area contributed by atoms with Crippen molar-refractivity contribution in [1.29, 1.82) is 0 Å². The molecule has 0 bridgehead atoms. The van der Waals surface area contributed by atoms with Crippen molar-refractivity contribution < 1.29 is 9.59 Å². The number of rotatable bonds is 5. The van der Waals surface area contributed by atoms with Gasteiger partial charge in [0, 0.05) is 32.1 Å². The van der Waals surface area contributed by atoms with Crippen LogP contribution in [0.1, 0.15) is 59.9 Å². The van der Waals surface area contributed by atoms with Crippen molar-refractivity contribution in [2.75, 3.05) is 12.4 Å². The minimum absolute atomic E-state index is 0.0858. The van der Waals surface area contributed by atoms with Crippen molar-refractivity contribution in [2.24, 2.45) is 0 Å². The summed E-state index contributed by atoms with van der Waals surface area (Å²) in [5, 5.41) is 5.87. The quantitative estimate of drug-likeness (QED) is 0.792. The first-order chi connectivity index (χ1) is 10.7. The summed E-state index contributed by atoms with van der Waals surface area (Å²) in [7, 11) is 1.88. The largest absolute Gasteiger partial charge is 0.388 e. The monoisotopic (exact) mass is 310 g/mol. The topological polar surface area (TPSA) is 58.2 Å². The van der Waals surface area contributed by atoms with Crippen LogP contribution in [0, 0.1) is 0 Å². The standard InChI is InChI=1S/C11H16N2O.C3H6O.2C2H6/c1-3-11(14)13-8-9-4-6-10(12-2)7-5-9;1-2-3-4;2*1-2/h4-7,12H,3,8H2,1-2H3,(H,13,14);3H,2H2,1H3;2*1-2H3. The van der Waals surface area contributed by atoms with Gasteiger partial charge in [-0.1, -0.05) is 53.7 Å². The van der Waals surface area contributed by atoms with E-state index in [9.17, 15) is 9.59 Å². The van der Waals surface area contributed by atoms with Crippen LogP contribution in [0.5, 0.6) is 0 Å². The van der Waals surface area contributed by atoms with Gasteiger partial charge in [0.1, 0.15) is 6.29 Å². The van der Waals surface area contributed by atoms with Crippen LogP contribution >= 0.6 is 0 Å². The van der Waals surface area contributed by atoms with Gasteiger partial charge in [-0.05, 0) is 17.7 Å². The number of aldehydes is 1. The summed E-state index contributed by atoms with van der Waals surface area (Å²) in [6.07, 6.45) is 2.05. The Morgan fingerprint density at radius 1 is 1.05 bits per heavy atom. The van der Waals surface area contributed by atoms with Crippen molar-refractivity contribution in [3.8, 4) is 0 Å². The molecule has 0 aliphatic carbocycles. The number of carbonyl (C=O) groups excluding carboxylic acids is 2. The maximum absolute atomic E-state index is 11.0. The molecule has 0 saturated carbocycles. The average Bonchev–Trinajstić information content (AvgIpc) is 2.63. The van der Waals surface area contributed by atoms with Gasteiger partial charge in [0.15, 0.2) is 0 Å². The van der Waals surface area contributed by atoms with Crippen LogP contribution in [0.15, 0.2) is 24.3 Å². The molecule has 2 N–H and O–H groups in total. The molecule has 0 heterocycles. The smallest absolute Gasteiger partial charge is 0.219 e. The minimum Gasteiger partial charge on any atom is -0.388 e. The first-order valence-electron chi connectivity index (χ1n) is 8.14. The average molecular weight is 310 g/mol. The van der Waals surface area contributed by atoms with E-state index in [1.165, 1.54) is 0 Å². The predicted octanol–water partition coefficient (Wildman–Crippen LogP) is 4.40. The number of anilines is 1. The SMILES string of the molecule is CC.CC.CCC(=O)NCc1ccc(NC)cc1.CCC=O. The Bertz CT molecular complexity index is 349. The third-order valence-electron chi connectivity index (χ3n) is 2.22. The summed E-state index contributed by atoms with van der Waals surface area (Å²) in [4.78, 5) is 20.2. The summed E-state index contributed by atoms with van der Waals surface area (Å²) in [6, 6.07) is 7.99. The lowest BCUT2D eigenvalue weighted by molar-refractivity contribution is -0.120. The fraction of sp³-hybridized carbons (Fsp3) is 0.556. The van der Waals surface area contributed by atoms with Gasteiger partial charge >= 0.3 is 0 Å². The summed E-state index contributed by atoms with van der Waals surface area (Å²) in [6.45, 7) is 12.3. The zero-order valence-corrected chi connectivity index (χ0v) is 15.3. The van der Waals surface area contributed by atoms with E-state index in [0.29, 0.717) is 19.4 Å². The first-order valence-corrected chi connectivity index (χ1v) is 8.14. The van der Waals surface area contributed by atoms with Crippen LogP contribution < -0.4 is 10.6 Å². The zero-order valence-electron chi connectivity index (χ0n) is 15.3. The molecule has 0 atom stereocenters. The zero-order chi connectivity index (χ0) is 17.8. The molecule has 1 aromatic rings. The number of benzene rings is 1. The Kier molecular flexibility index (Phi) is 24.5. The molecule has 0 saturated heterocycles. The number of carbonyl (C=O) groups is 2. The van der Waals surface area contributed by atoms with Crippen LogP contribution in [0.2, 0.25) is 0 Å². The number of nitrogens with one attached hydrogen (secondary N) is 2. The maximum Gasteiger partial charge on any atom is 0.219 e. The molecule has 0 radical (unpaired) electrons. The highest BCUT2D eigenvalue weighted by Gasteiger charge is 1.97. The van der Waals surface area contributed by atoms with Gasteiger partial charge in [-0.3, -0.25) is 4.79 Å². The lowest BCUT2D eigenvalue weighted by Gasteiger charge is -2.05. The van der Waals surface area contributed by atoms with E-state index in [-0.39, 0.29) is 5.91 Å². The first kappa shape index (κ1) is 25.1. The fourth-order valence-electron chi connectivity index (χ4n) is 1.11. The van der Waals surface area contributed by atoms with Crippen molar-refractivity contribution >= 4 is 17.9 Å². The van der Waals surface area contributed by atoms with Gasteiger partial charge in [-0.15, -0.1) is 0 Å². The lowest BCUT2D eigenvalue weighted by atomic mass is 10.2. The van der Waals surface area contributed by atoms with E-state index in [1.807, 2.05) is 72.9 Å². The molecule has 4 heteroatoms. The molecule has 0 fully saturated rings. The van der Waals surface area contributed by atoms with E-state index >= 15 is 0 Å². The highest BCUT2D eigenvalue weighted by Crippen LogP contribution is 2.07. The number of amides is 1. The predicted molar refractivity (Wildman–Crippen MR) is 97.2 cm³/mol. The van der Waals surface area contributed by atoms with Gasteiger partial charge in [-0.25, -0.2) is 0 Å². The highest BCUT2D eigenvalue weighted by atomic mass is 16.1. The summed E-state index contributed by atoms with van der Waals surface area (Å²) < 4.78 is 0. The van der Waals surface area contributed by atoms with Crippen LogP contribution in [-0.2, 0) is 16.1 Å². The Labute approximate surface area is 136 Å². The molecule has 0 unspecified atom stereocenters. The van der Waals surface area contributed by atoms with Crippen LogP contribution in [0.25, 0.3) is 0 Å². The number of hydrogen-bond donors (Lipinski definition) is 2. The molecule has 0 aromatic heterocycles. The van der Waals surface area contributed by atoms with Crippen molar-refractivity contribution in [3.63, 3.8) is 0 Å². The Balaban J connectivity index is -0.000000383. The van der Waals surface area contributed by atoms with E-state index in [1.54, 1.807) is 0 Å². The van der Waals surface area contributed by atoms with Crippen molar-refractivity contribution in [1.82, 2.24) is 5.32 Å². The van der Waals surface area contributed by atoms with Crippen LogP contribution in [-0.4, -0.2) is 19.2 Å². The van der Waals surface area contributed by atoms with Crippen molar-refractivity contribution in [2.45, 2.75) is 60.9 Å². The molecule has 1 rings (SSSR count). The van der Waals surface area contributed by atoms with Gasteiger partial charge in [0.25, 0.3) is 0 Å².